The van der Waals surface area contributed by atoms with Gasteiger partial charge in [-0.05, 0) is 0 Å². The summed E-state index contributed by atoms with van der Waals surface area (Å²) in [5.41, 5.74) is 0. The van der Waals surface area contributed by atoms with Crippen molar-refractivity contribution in [2.45, 2.75) is 0 Å². The number of hydrogen-bond acceptors (Lipinski definition) is 0. The van der Waals surface area contributed by atoms with Crippen molar-refractivity contribution in [3.63, 3.8) is 0 Å². The standard InChI is InChI=1S/3Ca.3Mg.4H2O.4O/h;;;;;;4*1H2;;;;/q6*+2;;;;;4*-2. The summed E-state index contributed by atoms with van der Waals surface area (Å²) < 4.78 is 0. The molecule has 0 amide bonds. The first-order valence-electron chi connectivity index (χ1n) is 0. The van der Waals surface area contributed by atoms with Crippen molar-refractivity contribution in [3.05, 3.63) is 0 Å². The molecule has 8 N–H and O–H groups in total. The molecule has 0 unspecified atom stereocenters. The van der Waals surface area contributed by atoms with E-state index in [9.17, 15) is 0 Å². The molecule has 0 aliphatic carbocycles. The molecule has 0 aromatic rings. The Bertz CT molecular complexity index is 19.8. The Morgan fingerprint density at radius 3 is 0.286 bits per heavy atom. The van der Waals surface area contributed by atoms with E-state index in [1.807, 2.05) is 0 Å². The largest absolute Gasteiger partial charge is 2.00 e. The summed E-state index contributed by atoms with van der Waals surface area (Å²) in [7, 11) is 0. The van der Waals surface area contributed by atoms with Crippen LogP contribution in [0.15, 0.2) is 0 Å². The van der Waals surface area contributed by atoms with Gasteiger partial charge in [0.2, 0.25) is 0 Å². The van der Waals surface area contributed by atoms with Gasteiger partial charge in [-0.25, -0.2) is 0 Å². The maximum atomic E-state index is 0. The molecule has 8 nitrogen and oxygen atoms in total. The van der Waals surface area contributed by atoms with Crippen LogP contribution in [0.4, 0.5) is 0 Å². The maximum Gasteiger partial charge on any atom is 2.00 e. The van der Waals surface area contributed by atoms with Crippen LogP contribution in [0.3, 0.4) is 0 Å². The molecule has 0 radical (unpaired) electrons. The molecule has 0 aromatic heterocycles. The maximum absolute atomic E-state index is 0. The Hall–Kier alpha value is 5.76. The van der Waals surface area contributed by atoms with Gasteiger partial charge in [-0.1, -0.05) is 0 Å². The van der Waals surface area contributed by atoms with E-state index >= 15 is 0 Å². The van der Waals surface area contributed by atoms with Crippen LogP contribution in [-0.2, 0) is 21.9 Å². The minimum absolute atomic E-state index is 0. The van der Waals surface area contributed by atoms with Crippen molar-refractivity contribution in [1.29, 1.82) is 0 Å². The second-order valence-electron chi connectivity index (χ2n) is 0. The first-order chi connectivity index (χ1) is 0. The Labute approximate surface area is 220 Å². The zero-order chi connectivity index (χ0) is 0. The molecule has 0 aromatic carbocycles. The van der Waals surface area contributed by atoms with Crippen molar-refractivity contribution < 1.29 is 43.8 Å². The first-order valence-corrected chi connectivity index (χ1v) is 0. The molecule has 14 heteroatoms. The molecule has 0 fully saturated rings. The van der Waals surface area contributed by atoms with Crippen molar-refractivity contribution in [1.82, 2.24) is 0 Å². The van der Waals surface area contributed by atoms with Crippen LogP contribution in [-0.4, -0.2) is 204 Å². The van der Waals surface area contributed by atoms with Gasteiger partial charge in [-0.15, -0.1) is 0 Å². The minimum Gasteiger partial charge on any atom is -2.00 e. The molecule has 0 atom stereocenters. The molecular formula is H8Ca3Mg3O8+4. The Morgan fingerprint density at radius 1 is 0.286 bits per heavy atom. The molecule has 64 valence electrons. The van der Waals surface area contributed by atoms with Gasteiger partial charge in [0.25, 0.3) is 0 Å². The Kier molecular flexibility index (Phi) is 2670. The summed E-state index contributed by atoms with van der Waals surface area (Å²) in [5, 5.41) is 0. The van der Waals surface area contributed by atoms with Crippen LogP contribution in [0, 0.1) is 0 Å². The normalized spacial score (nSPS) is 0. The number of rotatable bonds is 0. The summed E-state index contributed by atoms with van der Waals surface area (Å²) in [4.78, 5) is 0. The van der Waals surface area contributed by atoms with E-state index in [1.165, 1.54) is 0 Å². The van der Waals surface area contributed by atoms with E-state index in [0.29, 0.717) is 0 Å². The van der Waals surface area contributed by atoms with Crippen LogP contribution in [0.5, 0.6) is 0 Å². The van der Waals surface area contributed by atoms with Gasteiger partial charge in [-0.2, -0.15) is 0 Å². The molecule has 0 aliphatic heterocycles. The summed E-state index contributed by atoms with van der Waals surface area (Å²) in [6.07, 6.45) is 0. The van der Waals surface area contributed by atoms with E-state index in [1.54, 1.807) is 0 Å². The van der Waals surface area contributed by atoms with Crippen LogP contribution >= 0.6 is 0 Å². The third-order valence-electron chi connectivity index (χ3n) is 0. The predicted molar refractivity (Wildman–Crippen MR) is 51.7 cm³/mol. The SMILES string of the molecule is O.O.O.O.[Ca+2].[Ca+2].[Ca+2].[Mg+2].[Mg+2].[Mg+2].[O-2].[O-2].[O-2].[O-2]. The second kappa shape index (κ2) is 178. The van der Waals surface area contributed by atoms with E-state index in [4.69, 9.17) is 0 Å². The van der Waals surface area contributed by atoms with Crippen LogP contribution in [0.25, 0.3) is 0 Å². The van der Waals surface area contributed by atoms with Gasteiger partial charge in [0, 0.05) is 0 Å². The predicted octanol–water partition coefficient (Wildman–Crippen LogP) is -6.06. The molecule has 0 saturated carbocycles. The fraction of sp³-hybridized carbons (Fsp3) is 0. The molecule has 14 heavy (non-hydrogen) atoms. The summed E-state index contributed by atoms with van der Waals surface area (Å²) >= 11 is 0. The van der Waals surface area contributed by atoms with E-state index in [-0.39, 0.29) is 226 Å². The third-order valence-corrected chi connectivity index (χ3v) is 0. The quantitative estimate of drug-likeness (QED) is 0.377. The number of hydrogen-bond donors (Lipinski definition) is 0. The Morgan fingerprint density at radius 2 is 0.286 bits per heavy atom. The Balaban J connectivity index is 0. The van der Waals surface area contributed by atoms with Gasteiger partial charge in [0.1, 0.15) is 0 Å². The summed E-state index contributed by atoms with van der Waals surface area (Å²) in [5.74, 6) is 0. The zero-order valence-electron chi connectivity index (χ0n) is 7.88. The third kappa shape index (κ3) is 150. The average molecular weight is 329 g/mol. The van der Waals surface area contributed by atoms with Crippen molar-refractivity contribution >= 4 is 182 Å². The van der Waals surface area contributed by atoms with Gasteiger partial charge in [0.15, 0.2) is 0 Å². The van der Waals surface area contributed by atoms with Crippen LogP contribution in [0.2, 0.25) is 0 Å². The van der Waals surface area contributed by atoms with Crippen LogP contribution < -0.4 is 0 Å². The summed E-state index contributed by atoms with van der Waals surface area (Å²) in [6.45, 7) is 0. The van der Waals surface area contributed by atoms with Gasteiger partial charge < -0.3 is 43.8 Å². The molecule has 0 saturated heterocycles. The molecule has 0 aliphatic rings. The minimum atomic E-state index is 0. The van der Waals surface area contributed by atoms with Gasteiger partial charge >= 0.3 is 182 Å². The fourth-order valence-electron chi connectivity index (χ4n) is 0. The van der Waals surface area contributed by atoms with E-state index in [0.717, 1.165) is 0 Å². The zero-order valence-corrected chi connectivity index (χ0v) is 18.7. The molecule has 0 spiro atoms. The van der Waals surface area contributed by atoms with Gasteiger partial charge in [-0.3, -0.25) is 0 Å². The summed E-state index contributed by atoms with van der Waals surface area (Å²) in [6, 6.07) is 0. The van der Waals surface area contributed by atoms with Crippen LogP contribution in [0.1, 0.15) is 0 Å². The molecule has 0 heterocycles. The molecule has 0 bridgehead atoms. The average Bonchev–Trinajstić information content (AvgIpc) is 0. The molecule has 0 rings (SSSR count). The van der Waals surface area contributed by atoms with Crippen molar-refractivity contribution in [3.8, 4) is 0 Å². The monoisotopic (exact) mass is 328 g/mol. The van der Waals surface area contributed by atoms with Gasteiger partial charge in [0.05, 0.1) is 0 Å². The second-order valence-corrected chi connectivity index (χ2v) is 0. The van der Waals surface area contributed by atoms with Crippen molar-refractivity contribution in [2.75, 3.05) is 0 Å². The van der Waals surface area contributed by atoms with Crippen molar-refractivity contribution in [2.24, 2.45) is 0 Å². The smallest absolute Gasteiger partial charge is 2.00 e. The van der Waals surface area contributed by atoms with E-state index < -0.39 is 0 Å². The van der Waals surface area contributed by atoms with E-state index in [2.05, 4.69) is 0 Å². The molecular weight excluding hydrogens is 321 g/mol. The first kappa shape index (κ1) is 210. The fourth-order valence-corrected chi connectivity index (χ4v) is 0. The topological polar surface area (TPSA) is 240 Å².